The average Bonchev–Trinajstić information content (AvgIpc) is 2.48. The first-order chi connectivity index (χ1) is 9.74. The van der Waals surface area contributed by atoms with Crippen LogP contribution in [0.5, 0.6) is 5.75 Å². The van der Waals surface area contributed by atoms with Crippen LogP contribution in [0.1, 0.15) is 30.1 Å². The topological polar surface area (TPSA) is 41.6 Å². The SMILES string of the molecule is CCOc1cccc(C(=O)N2CCCC(CNC)C2)c1.Cl. The van der Waals surface area contributed by atoms with Crippen LogP contribution in [0, 0.1) is 5.92 Å². The Balaban J connectivity index is 0.00000220. The van der Waals surface area contributed by atoms with Gasteiger partial charge < -0.3 is 15.0 Å². The third-order valence-electron chi connectivity index (χ3n) is 3.69. The number of likely N-dealkylation sites (tertiary alicyclic amines) is 1. The molecule has 2 rings (SSSR count). The summed E-state index contributed by atoms with van der Waals surface area (Å²) in [4.78, 5) is 14.5. The van der Waals surface area contributed by atoms with Gasteiger partial charge in [0.05, 0.1) is 6.61 Å². The van der Waals surface area contributed by atoms with Crippen LogP contribution in [0.15, 0.2) is 24.3 Å². The molecule has 0 spiro atoms. The van der Waals surface area contributed by atoms with E-state index in [1.807, 2.05) is 43.1 Å². The maximum atomic E-state index is 12.6. The van der Waals surface area contributed by atoms with Crippen molar-refractivity contribution >= 4 is 18.3 Å². The highest BCUT2D eigenvalue weighted by Crippen LogP contribution is 2.20. The second kappa shape index (κ2) is 8.90. The third kappa shape index (κ3) is 4.90. The summed E-state index contributed by atoms with van der Waals surface area (Å²) in [6, 6.07) is 7.48. The van der Waals surface area contributed by atoms with Crippen LogP contribution in [-0.2, 0) is 0 Å². The molecule has 0 bridgehead atoms. The molecule has 21 heavy (non-hydrogen) atoms. The highest BCUT2D eigenvalue weighted by molar-refractivity contribution is 5.94. The van der Waals surface area contributed by atoms with E-state index in [9.17, 15) is 4.79 Å². The van der Waals surface area contributed by atoms with Gasteiger partial charge in [0.15, 0.2) is 0 Å². The second-order valence-electron chi connectivity index (χ2n) is 5.28. The van der Waals surface area contributed by atoms with Crippen molar-refractivity contribution in [2.45, 2.75) is 19.8 Å². The number of amides is 1. The van der Waals surface area contributed by atoms with Crippen molar-refractivity contribution in [3.05, 3.63) is 29.8 Å². The summed E-state index contributed by atoms with van der Waals surface area (Å²) < 4.78 is 5.46. The molecule has 0 aromatic heterocycles. The van der Waals surface area contributed by atoms with E-state index < -0.39 is 0 Å². The van der Waals surface area contributed by atoms with Crippen molar-refractivity contribution in [2.75, 3.05) is 33.3 Å². The van der Waals surface area contributed by atoms with Crippen LogP contribution in [0.3, 0.4) is 0 Å². The molecule has 4 nitrogen and oxygen atoms in total. The van der Waals surface area contributed by atoms with Crippen LogP contribution in [0.2, 0.25) is 0 Å². The monoisotopic (exact) mass is 312 g/mol. The number of halogens is 1. The Morgan fingerprint density at radius 3 is 3.00 bits per heavy atom. The minimum Gasteiger partial charge on any atom is -0.494 e. The number of nitrogens with one attached hydrogen (secondary N) is 1. The largest absolute Gasteiger partial charge is 0.494 e. The van der Waals surface area contributed by atoms with Gasteiger partial charge in [0.25, 0.3) is 5.91 Å². The van der Waals surface area contributed by atoms with Gasteiger partial charge in [0, 0.05) is 18.7 Å². The van der Waals surface area contributed by atoms with E-state index >= 15 is 0 Å². The van der Waals surface area contributed by atoms with Gasteiger partial charge >= 0.3 is 0 Å². The Bertz CT molecular complexity index is 452. The van der Waals surface area contributed by atoms with E-state index in [0.29, 0.717) is 12.5 Å². The maximum absolute atomic E-state index is 12.6. The lowest BCUT2D eigenvalue weighted by Crippen LogP contribution is -2.42. The molecule has 1 aliphatic heterocycles. The van der Waals surface area contributed by atoms with Crippen molar-refractivity contribution in [2.24, 2.45) is 5.92 Å². The fraction of sp³-hybridized carbons (Fsp3) is 0.562. The van der Waals surface area contributed by atoms with E-state index in [2.05, 4.69) is 5.32 Å². The van der Waals surface area contributed by atoms with Gasteiger partial charge in [0.2, 0.25) is 0 Å². The first-order valence-electron chi connectivity index (χ1n) is 7.41. The molecule has 0 saturated carbocycles. The smallest absolute Gasteiger partial charge is 0.253 e. The Labute approximate surface area is 133 Å². The number of rotatable bonds is 5. The summed E-state index contributed by atoms with van der Waals surface area (Å²) in [5.74, 6) is 1.45. The quantitative estimate of drug-likeness (QED) is 0.908. The number of carbonyl (C=O) groups is 1. The van der Waals surface area contributed by atoms with E-state index in [-0.39, 0.29) is 18.3 Å². The highest BCUT2D eigenvalue weighted by Gasteiger charge is 2.24. The van der Waals surface area contributed by atoms with Gasteiger partial charge in [0.1, 0.15) is 5.75 Å². The van der Waals surface area contributed by atoms with Crippen LogP contribution in [0.25, 0.3) is 0 Å². The van der Waals surface area contributed by atoms with Crippen molar-refractivity contribution in [3.63, 3.8) is 0 Å². The first-order valence-corrected chi connectivity index (χ1v) is 7.41. The predicted molar refractivity (Wildman–Crippen MR) is 87.4 cm³/mol. The summed E-state index contributed by atoms with van der Waals surface area (Å²) in [5.41, 5.74) is 0.723. The molecule has 5 heteroatoms. The first kappa shape index (κ1) is 17.8. The summed E-state index contributed by atoms with van der Waals surface area (Å²) in [7, 11) is 1.96. The van der Waals surface area contributed by atoms with E-state index in [1.165, 1.54) is 6.42 Å². The minimum absolute atomic E-state index is 0. The van der Waals surface area contributed by atoms with Gasteiger partial charge in [-0.25, -0.2) is 0 Å². The summed E-state index contributed by atoms with van der Waals surface area (Å²) in [6.45, 7) is 5.24. The van der Waals surface area contributed by atoms with Gasteiger partial charge in [-0.3, -0.25) is 4.79 Å². The van der Waals surface area contributed by atoms with Crippen molar-refractivity contribution in [1.29, 1.82) is 0 Å². The zero-order valence-electron chi connectivity index (χ0n) is 12.8. The van der Waals surface area contributed by atoms with Crippen LogP contribution in [0.4, 0.5) is 0 Å². The van der Waals surface area contributed by atoms with Crippen molar-refractivity contribution in [1.82, 2.24) is 10.2 Å². The van der Waals surface area contributed by atoms with Gasteiger partial charge in [-0.1, -0.05) is 6.07 Å². The molecule has 1 aromatic carbocycles. The van der Waals surface area contributed by atoms with Gasteiger partial charge in [-0.05, 0) is 57.5 Å². The number of hydrogen-bond acceptors (Lipinski definition) is 3. The molecule has 1 aliphatic rings. The van der Waals surface area contributed by atoms with E-state index in [4.69, 9.17) is 4.74 Å². The van der Waals surface area contributed by atoms with Gasteiger partial charge in [-0.15, -0.1) is 12.4 Å². The lowest BCUT2D eigenvalue weighted by molar-refractivity contribution is 0.0674. The Hall–Kier alpha value is -1.26. The molecule has 1 N–H and O–H groups in total. The van der Waals surface area contributed by atoms with Crippen molar-refractivity contribution < 1.29 is 9.53 Å². The molecule has 0 aliphatic carbocycles. The molecule has 1 atom stereocenters. The van der Waals surface area contributed by atoms with E-state index in [0.717, 1.165) is 37.4 Å². The van der Waals surface area contributed by atoms with Crippen LogP contribution >= 0.6 is 12.4 Å². The molecule has 1 fully saturated rings. The fourth-order valence-electron chi connectivity index (χ4n) is 2.77. The van der Waals surface area contributed by atoms with Crippen LogP contribution < -0.4 is 10.1 Å². The molecule has 1 saturated heterocycles. The normalized spacial score (nSPS) is 18.0. The molecule has 0 radical (unpaired) electrons. The number of carbonyl (C=O) groups excluding carboxylic acids is 1. The molecule has 1 heterocycles. The Kier molecular flexibility index (Phi) is 7.54. The highest BCUT2D eigenvalue weighted by atomic mass is 35.5. The zero-order chi connectivity index (χ0) is 14.4. The Morgan fingerprint density at radius 1 is 1.48 bits per heavy atom. The predicted octanol–water partition coefficient (Wildman–Crippen LogP) is 2.58. The van der Waals surface area contributed by atoms with Crippen molar-refractivity contribution in [3.8, 4) is 5.75 Å². The second-order valence-corrected chi connectivity index (χ2v) is 5.28. The third-order valence-corrected chi connectivity index (χ3v) is 3.69. The molecule has 1 aromatic rings. The number of nitrogens with zero attached hydrogens (tertiary/aromatic N) is 1. The number of hydrogen-bond donors (Lipinski definition) is 1. The molecule has 1 unspecified atom stereocenters. The fourth-order valence-corrected chi connectivity index (χ4v) is 2.77. The number of benzene rings is 1. The summed E-state index contributed by atoms with van der Waals surface area (Å²) in [6.07, 6.45) is 2.28. The molecular formula is C16H25ClN2O2. The standard InChI is InChI=1S/C16H24N2O2.ClH/c1-3-20-15-8-4-7-14(10-15)16(19)18-9-5-6-13(12-18)11-17-2;/h4,7-8,10,13,17H,3,5-6,9,11-12H2,1-2H3;1H. The molecule has 118 valence electrons. The minimum atomic E-state index is 0. The van der Waals surface area contributed by atoms with E-state index in [1.54, 1.807) is 0 Å². The summed E-state index contributed by atoms with van der Waals surface area (Å²) in [5, 5.41) is 3.20. The Morgan fingerprint density at radius 2 is 2.29 bits per heavy atom. The lowest BCUT2D eigenvalue weighted by Gasteiger charge is -2.32. The lowest BCUT2D eigenvalue weighted by atomic mass is 9.97. The number of ether oxygens (including phenoxy) is 1. The van der Waals surface area contributed by atoms with Gasteiger partial charge in [-0.2, -0.15) is 0 Å². The molecular weight excluding hydrogens is 288 g/mol. The average molecular weight is 313 g/mol. The number of piperidine rings is 1. The maximum Gasteiger partial charge on any atom is 0.253 e. The summed E-state index contributed by atoms with van der Waals surface area (Å²) >= 11 is 0. The molecule has 1 amide bonds. The zero-order valence-corrected chi connectivity index (χ0v) is 13.6. The van der Waals surface area contributed by atoms with Crippen LogP contribution in [-0.4, -0.2) is 44.1 Å².